The molecule has 4 amide bonds. The maximum Gasteiger partial charge on any atom is 0.262 e. The van der Waals surface area contributed by atoms with Gasteiger partial charge in [0.05, 0.1) is 24.2 Å². The number of ether oxygens (including phenoxy) is 1. The molecule has 1 atom stereocenters. The van der Waals surface area contributed by atoms with E-state index in [0.29, 0.717) is 43.7 Å². The lowest BCUT2D eigenvalue weighted by Gasteiger charge is -2.35. The third-order valence-electron chi connectivity index (χ3n) is 6.08. The number of nitrogens with one attached hydrogen (secondary N) is 1. The number of nitrogens with zero attached hydrogens (tertiary/aromatic N) is 2. The number of fused-ring (bicyclic) bond motifs is 1. The summed E-state index contributed by atoms with van der Waals surface area (Å²) in [6, 6.07) is 15.0. The quantitative estimate of drug-likeness (QED) is 0.654. The Hall–Kier alpha value is -3.68. The molecule has 0 radical (unpaired) electrons. The predicted octanol–water partition coefficient (Wildman–Crippen LogP) is 2.25. The first kappa shape index (κ1) is 22.5. The summed E-state index contributed by atoms with van der Waals surface area (Å²) in [6.07, 6.45) is 1.49. The SMILES string of the molecule is CC(C(=O)N1CCC(NC(=O)CCOc2ccccc2)CC1)N1C(=O)c2ccccc2C1=O. The molecule has 0 spiro atoms. The van der Waals surface area contributed by atoms with Gasteiger partial charge < -0.3 is 15.0 Å². The molecule has 2 aromatic carbocycles. The molecule has 8 nitrogen and oxygen atoms in total. The summed E-state index contributed by atoms with van der Waals surface area (Å²) in [5, 5.41) is 3.00. The zero-order valence-electron chi connectivity index (χ0n) is 18.5. The number of carbonyl (C=O) groups is 4. The van der Waals surface area contributed by atoms with Crippen LogP contribution in [0.1, 0.15) is 46.9 Å². The second kappa shape index (κ2) is 9.85. The van der Waals surface area contributed by atoms with Gasteiger partial charge in [-0.05, 0) is 44.0 Å². The van der Waals surface area contributed by atoms with E-state index >= 15 is 0 Å². The lowest BCUT2D eigenvalue weighted by molar-refractivity contribution is -0.136. The zero-order valence-corrected chi connectivity index (χ0v) is 18.5. The van der Waals surface area contributed by atoms with E-state index in [-0.39, 0.29) is 24.3 Å². The molecule has 2 aromatic rings. The molecule has 1 saturated heterocycles. The lowest BCUT2D eigenvalue weighted by atomic mass is 10.0. The van der Waals surface area contributed by atoms with Crippen LogP contribution in [0.2, 0.25) is 0 Å². The first-order valence-electron chi connectivity index (χ1n) is 11.2. The third-order valence-corrected chi connectivity index (χ3v) is 6.08. The van der Waals surface area contributed by atoms with E-state index in [1.807, 2.05) is 30.3 Å². The van der Waals surface area contributed by atoms with Crippen molar-refractivity contribution in [3.05, 3.63) is 65.7 Å². The van der Waals surface area contributed by atoms with Crippen LogP contribution >= 0.6 is 0 Å². The van der Waals surface area contributed by atoms with Crippen molar-refractivity contribution in [2.45, 2.75) is 38.3 Å². The summed E-state index contributed by atoms with van der Waals surface area (Å²) >= 11 is 0. The molecule has 2 heterocycles. The minimum Gasteiger partial charge on any atom is -0.493 e. The summed E-state index contributed by atoms with van der Waals surface area (Å²) in [5.41, 5.74) is 0.666. The van der Waals surface area contributed by atoms with E-state index in [1.54, 1.807) is 36.1 Å². The largest absolute Gasteiger partial charge is 0.493 e. The van der Waals surface area contributed by atoms with Crippen LogP contribution in [0.15, 0.2) is 54.6 Å². The first-order valence-corrected chi connectivity index (χ1v) is 11.2. The highest BCUT2D eigenvalue weighted by Gasteiger charge is 2.42. The Bertz CT molecular complexity index is 1010. The number of likely N-dealkylation sites (tertiary alicyclic amines) is 1. The molecule has 4 rings (SSSR count). The minimum absolute atomic E-state index is 0.0205. The Labute approximate surface area is 192 Å². The molecule has 8 heteroatoms. The lowest BCUT2D eigenvalue weighted by Crippen LogP contribution is -2.53. The molecule has 2 aliphatic heterocycles. The van der Waals surface area contributed by atoms with E-state index < -0.39 is 17.9 Å². The number of rotatable bonds is 7. The zero-order chi connectivity index (χ0) is 23.4. The van der Waals surface area contributed by atoms with Crippen molar-refractivity contribution in [2.75, 3.05) is 19.7 Å². The Balaban J connectivity index is 1.23. The number of benzene rings is 2. The third kappa shape index (κ3) is 4.89. The van der Waals surface area contributed by atoms with Crippen LogP contribution < -0.4 is 10.1 Å². The number of imide groups is 1. The van der Waals surface area contributed by atoms with Gasteiger partial charge in [-0.2, -0.15) is 0 Å². The molecule has 2 aliphatic rings. The fourth-order valence-corrected chi connectivity index (χ4v) is 4.26. The number of hydrogen-bond acceptors (Lipinski definition) is 5. The second-order valence-electron chi connectivity index (χ2n) is 8.28. The van der Waals surface area contributed by atoms with Crippen molar-refractivity contribution >= 4 is 23.6 Å². The predicted molar refractivity (Wildman–Crippen MR) is 121 cm³/mol. The summed E-state index contributed by atoms with van der Waals surface area (Å²) in [6.45, 7) is 2.80. The first-order chi connectivity index (χ1) is 16.0. The van der Waals surface area contributed by atoms with Gasteiger partial charge in [0.2, 0.25) is 11.8 Å². The number of hydrogen-bond donors (Lipinski definition) is 1. The Morgan fingerprint density at radius 2 is 1.55 bits per heavy atom. The summed E-state index contributed by atoms with van der Waals surface area (Å²) in [4.78, 5) is 53.3. The summed E-state index contributed by atoms with van der Waals surface area (Å²) in [7, 11) is 0. The van der Waals surface area contributed by atoms with E-state index in [0.717, 1.165) is 10.6 Å². The fraction of sp³-hybridized carbons (Fsp3) is 0.360. The normalized spacial score (nSPS) is 17.0. The molecule has 1 unspecified atom stereocenters. The van der Waals surface area contributed by atoms with Crippen LogP contribution in [0.4, 0.5) is 0 Å². The number of carbonyl (C=O) groups excluding carboxylic acids is 4. The molecular weight excluding hydrogens is 422 g/mol. The maximum atomic E-state index is 13.0. The fourth-order valence-electron chi connectivity index (χ4n) is 4.26. The highest BCUT2D eigenvalue weighted by molar-refractivity contribution is 6.22. The number of para-hydroxylation sites is 1. The van der Waals surface area contributed by atoms with Gasteiger partial charge in [0.25, 0.3) is 11.8 Å². The van der Waals surface area contributed by atoms with Gasteiger partial charge >= 0.3 is 0 Å². The molecule has 1 fully saturated rings. The summed E-state index contributed by atoms with van der Waals surface area (Å²) in [5.74, 6) is -0.488. The van der Waals surface area contributed by atoms with Gasteiger partial charge in [-0.1, -0.05) is 30.3 Å². The molecule has 33 heavy (non-hydrogen) atoms. The van der Waals surface area contributed by atoms with Crippen molar-refractivity contribution in [1.82, 2.24) is 15.1 Å². The molecule has 1 N–H and O–H groups in total. The smallest absolute Gasteiger partial charge is 0.262 e. The highest BCUT2D eigenvalue weighted by atomic mass is 16.5. The molecular formula is C25H27N3O5. The van der Waals surface area contributed by atoms with E-state index in [4.69, 9.17) is 4.74 Å². The van der Waals surface area contributed by atoms with Crippen LogP contribution in [0.5, 0.6) is 5.75 Å². The maximum absolute atomic E-state index is 13.0. The highest BCUT2D eigenvalue weighted by Crippen LogP contribution is 2.25. The Kier molecular flexibility index (Phi) is 6.72. The van der Waals surface area contributed by atoms with Crippen LogP contribution in [0.25, 0.3) is 0 Å². The van der Waals surface area contributed by atoms with Gasteiger partial charge in [0, 0.05) is 19.1 Å². The van der Waals surface area contributed by atoms with Crippen LogP contribution in [0, 0.1) is 0 Å². The molecule has 0 aliphatic carbocycles. The number of piperidine rings is 1. The van der Waals surface area contributed by atoms with Gasteiger partial charge in [-0.3, -0.25) is 24.1 Å². The van der Waals surface area contributed by atoms with Crippen molar-refractivity contribution in [2.24, 2.45) is 0 Å². The molecule has 0 aromatic heterocycles. The Morgan fingerprint density at radius 3 is 2.15 bits per heavy atom. The average molecular weight is 450 g/mol. The van der Waals surface area contributed by atoms with E-state index in [9.17, 15) is 19.2 Å². The Morgan fingerprint density at radius 1 is 0.970 bits per heavy atom. The molecule has 172 valence electrons. The van der Waals surface area contributed by atoms with Crippen LogP contribution in [-0.4, -0.2) is 65.2 Å². The summed E-state index contributed by atoms with van der Waals surface area (Å²) < 4.78 is 5.56. The van der Waals surface area contributed by atoms with E-state index in [2.05, 4.69) is 5.32 Å². The van der Waals surface area contributed by atoms with Gasteiger partial charge in [-0.15, -0.1) is 0 Å². The monoisotopic (exact) mass is 449 g/mol. The van der Waals surface area contributed by atoms with Gasteiger partial charge in [0.1, 0.15) is 11.8 Å². The average Bonchev–Trinajstić information content (AvgIpc) is 3.09. The minimum atomic E-state index is -0.876. The van der Waals surface area contributed by atoms with Crippen molar-refractivity contribution in [1.29, 1.82) is 0 Å². The standard InChI is InChI=1S/C25H27N3O5/c1-17(28-24(31)20-9-5-6-10-21(20)25(28)32)23(30)27-14-11-18(12-15-27)26-22(29)13-16-33-19-7-3-2-4-8-19/h2-10,17-18H,11-16H2,1H3,(H,26,29). The van der Waals surface area contributed by atoms with Crippen LogP contribution in [-0.2, 0) is 9.59 Å². The van der Waals surface area contributed by atoms with Gasteiger partial charge in [0.15, 0.2) is 0 Å². The van der Waals surface area contributed by atoms with Gasteiger partial charge in [-0.25, -0.2) is 0 Å². The second-order valence-corrected chi connectivity index (χ2v) is 8.28. The molecule has 0 saturated carbocycles. The van der Waals surface area contributed by atoms with Crippen LogP contribution in [0.3, 0.4) is 0 Å². The molecule has 0 bridgehead atoms. The van der Waals surface area contributed by atoms with Crippen molar-refractivity contribution in [3.8, 4) is 5.75 Å². The van der Waals surface area contributed by atoms with E-state index in [1.165, 1.54) is 0 Å². The topological polar surface area (TPSA) is 96.0 Å². The number of amides is 4. The van der Waals surface area contributed by atoms with Crippen molar-refractivity contribution < 1.29 is 23.9 Å². The van der Waals surface area contributed by atoms with Crippen molar-refractivity contribution in [3.63, 3.8) is 0 Å².